The van der Waals surface area contributed by atoms with E-state index in [1.807, 2.05) is 40.0 Å². The Morgan fingerprint density at radius 1 is 1.00 bits per heavy atom. The van der Waals surface area contributed by atoms with E-state index >= 15 is 0 Å². The molecule has 5 aliphatic heterocycles. The highest BCUT2D eigenvalue weighted by molar-refractivity contribution is 5.95. The molecule has 6 bridgehead atoms. The largest absolute Gasteiger partial charge is 0.464 e. The second-order valence-corrected chi connectivity index (χ2v) is 21.6. The predicted octanol–water partition coefficient (Wildman–Crippen LogP) is 5.87. The Hall–Kier alpha value is -4.95. The van der Waals surface area contributed by atoms with Gasteiger partial charge in [-0.2, -0.15) is 0 Å². The van der Waals surface area contributed by atoms with E-state index in [4.69, 9.17) is 42.8 Å². The Morgan fingerprint density at radius 2 is 1.78 bits per heavy atom. The summed E-state index contributed by atoms with van der Waals surface area (Å²) < 4.78 is 45.3. The number of hydrogen-bond donors (Lipinski definition) is 2. The molecule has 7 atom stereocenters. The topological polar surface area (TPSA) is 184 Å². The van der Waals surface area contributed by atoms with E-state index in [2.05, 4.69) is 57.2 Å². The summed E-state index contributed by atoms with van der Waals surface area (Å²) in [6.07, 6.45) is 5.51. The number of cyclic esters (lactones) is 1. The molecule has 0 radical (unpaired) electrons. The van der Waals surface area contributed by atoms with Crippen molar-refractivity contribution in [3.8, 4) is 22.7 Å². The van der Waals surface area contributed by atoms with Crippen LogP contribution in [0.1, 0.15) is 96.4 Å². The fourth-order valence-corrected chi connectivity index (χ4v) is 11.4. The second-order valence-electron chi connectivity index (χ2n) is 21.6. The predicted molar refractivity (Wildman–Crippen MR) is 269 cm³/mol. The van der Waals surface area contributed by atoms with Gasteiger partial charge in [0.2, 0.25) is 11.8 Å². The number of carbonyl (C=O) groups is 3. The van der Waals surface area contributed by atoms with E-state index in [0.717, 1.165) is 96.9 Å². The third-order valence-corrected chi connectivity index (χ3v) is 16.1. The van der Waals surface area contributed by atoms with Crippen LogP contribution in [0.4, 0.5) is 5.69 Å². The first-order valence-corrected chi connectivity index (χ1v) is 26.4. The molecule has 2 amide bonds. The summed E-state index contributed by atoms with van der Waals surface area (Å²) in [5.74, 6) is -0.628. The lowest BCUT2D eigenvalue weighted by Crippen LogP contribution is -2.61. The Labute approximate surface area is 422 Å². The van der Waals surface area contributed by atoms with Gasteiger partial charge < -0.3 is 47.6 Å². The highest BCUT2D eigenvalue weighted by Crippen LogP contribution is 2.46. The molecule has 1 aromatic carbocycles. The molecule has 2 N–H and O–H groups in total. The lowest BCUT2D eigenvalue weighted by molar-refractivity contribution is -0.157. The minimum absolute atomic E-state index is 0.105. The third-order valence-electron chi connectivity index (χ3n) is 16.1. The van der Waals surface area contributed by atoms with Crippen molar-refractivity contribution in [2.45, 2.75) is 117 Å². The summed E-state index contributed by atoms with van der Waals surface area (Å²) in [7, 11) is 1.72. The molecule has 4 saturated heterocycles. The molecule has 6 aliphatic rings. The Kier molecular flexibility index (Phi) is 15.1. The number of methoxy groups -OCH3 is 1. The number of nitrogens with one attached hydrogen (secondary N) is 2. The molecule has 1 unspecified atom stereocenters. The van der Waals surface area contributed by atoms with E-state index in [9.17, 15) is 14.4 Å². The lowest BCUT2D eigenvalue weighted by Gasteiger charge is -2.43. The van der Waals surface area contributed by atoms with Crippen molar-refractivity contribution >= 4 is 34.4 Å². The zero-order chi connectivity index (χ0) is 50.3. The Bertz CT molecular complexity index is 2570. The Morgan fingerprint density at radius 3 is 2.49 bits per heavy atom. The van der Waals surface area contributed by atoms with Crippen LogP contribution in [0.5, 0.6) is 0 Å². The average Bonchev–Trinajstić information content (AvgIpc) is 3.63. The zero-order valence-corrected chi connectivity index (χ0v) is 43.2. The normalized spacial score (nSPS) is 27.0. The summed E-state index contributed by atoms with van der Waals surface area (Å²) >= 11 is 0. The van der Waals surface area contributed by atoms with Crippen LogP contribution >= 0.6 is 0 Å². The summed E-state index contributed by atoms with van der Waals surface area (Å²) in [4.78, 5) is 58.0. The van der Waals surface area contributed by atoms with Gasteiger partial charge in [0, 0.05) is 99.6 Å². The van der Waals surface area contributed by atoms with Crippen molar-refractivity contribution in [2.24, 2.45) is 23.2 Å². The van der Waals surface area contributed by atoms with Crippen molar-refractivity contribution in [1.29, 1.82) is 0 Å². The van der Waals surface area contributed by atoms with E-state index in [0.29, 0.717) is 69.8 Å². The molecule has 72 heavy (non-hydrogen) atoms. The van der Waals surface area contributed by atoms with Gasteiger partial charge in [0.1, 0.15) is 30.1 Å². The van der Waals surface area contributed by atoms with Gasteiger partial charge in [-0.15, -0.1) is 0 Å². The van der Waals surface area contributed by atoms with Crippen LogP contribution in [0.25, 0.3) is 33.6 Å². The van der Waals surface area contributed by atoms with Crippen molar-refractivity contribution in [3.05, 3.63) is 53.7 Å². The zero-order valence-electron chi connectivity index (χ0n) is 43.2. The maximum absolute atomic E-state index is 14.7. The number of piperazine rings is 1. The van der Waals surface area contributed by atoms with E-state index in [1.165, 1.54) is 11.3 Å². The number of pyridine rings is 1. The van der Waals surface area contributed by atoms with Gasteiger partial charge in [-0.05, 0) is 87.6 Å². The molecule has 18 nitrogen and oxygen atoms in total. The van der Waals surface area contributed by atoms with Crippen molar-refractivity contribution < 1.29 is 47.2 Å². The molecule has 10 rings (SSSR count). The number of fused-ring (bicyclic) bond motifs is 6. The number of ether oxygens (including phenoxy) is 6. The number of carbonyl (C=O) groups excluding carboxylic acids is 3. The van der Waals surface area contributed by atoms with Crippen LogP contribution in [0, 0.1) is 23.2 Å². The molecule has 8 heterocycles. The van der Waals surface area contributed by atoms with Gasteiger partial charge in [0.25, 0.3) is 5.91 Å². The van der Waals surface area contributed by atoms with Crippen LogP contribution in [0.2, 0.25) is 0 Å². The first kappa shape index (κ1) is 50.6. The van der Waals surface area contributed by atoms with Gasteiger partial charge in [-0.3, -0.25) is 29.3 Å². The smallest absolute Gasteiger partial charge is 0.324 e. The van der Waals surface area contributed by atoms with Gasteiger partial charge >= 0.3 is 5.97 Å². The van der Waals surface area contributed by atoms with Crippen LogP contribution in [0.15, 0.2) is 41.1 Å². The maximum Gasteiger partial charge on any atom is 0.324 e. The summed E-state index contributed by atoms with van der Waals surface area (Å²) in [5.41, 5.74) is 9.54. The van der Waals surface area contributed by atoms with Crippen molar-refractivity contribution in [1.82, 2.24) is 35.2 Å². The molecule has 390 valence electrons. The van der Waals surface area contributed by atoms with Gasteiger partial charge in [0.15, 0.2) is 0 Å². The van der Waals surface area contributed by atoms with Gasteiger partial charge in [-0.25, -0.2) is 10.4 Å². The van der Waals surface area contributed by atoms with E-state index in [-0.39, 0.29) is 49.1 Å². The molecule has 3 aromatic heterocycles. The molecule has 18 heteroatoms. The number of amides is 2. The molecule has 4 aromatic rings. The van der Waals surface area contributed by atoms with Crippen molar-refractivity contribution in [3.63, 3.8) is 0 Å². The summed E-state index contributed by atoms with van der Waals surface area (Å²) in [5, 5.41) is 5.48. The van der Waals surface area contributed by atoms with Gasteiger partial charge in [-0.1, -0.05) is 27.7 Å². The highest BCUT2D eigenvalue weighted by atomic mass is 16.5. The van der Waals surface area contributed by atoms with Crippen LogP contribution in [-0.2, 0) is 55.8 Å². The number of aromatic nitrogens is 3. The Balaban J connectivity index is 1.11. The summed E-state index contributed by atoms with van der Waals surface area (Å²) in [6.45, 7) is 20.5. The molecular formula is C54H74N8O10. The quantitative estimate of drug-likeness (QED) is 0.152. The maximum atomic E-state index is 14.7. The average molecular weight is 995 g/mol. The molecular weight excluding hydrogens is 921 g/mol. The van der Waals surface area contributed by atoms with E-state index in [1.54, 1.807) is 7.11 Å². The molecule has 5 fully saturated rings. The number of nitrogens with zero attached hydrogens (tertiary/aromatic N) is 6. The number of hydrazine groups is 1. The summed E-state index contributed by atoms with van der Waals surface area (Å²) in [6, 6.07) is 7.07. The number of anilines is 1. The molecule has 1 aliphatic carbocycles. The lowest BCUT2D eigenvalue weighted by atomic mass is 9.84. The fourth-order valence-electron chi connectivity index (χ4n) is 11.4. The van der Waals surface area contributed by atoms with Gasteiger partial charge in [0.05, 0.1) is 67.9 Å². The minimum Gasteiger partial charge on any atom is -0.464 e. The monoisotopic (exact) mass is 995 g/mol. The molecule has 0 spiro atoms. The second kappa shape index (κ2) is 21.5. The SMILES string of the molecule is CCO[C@@H]1c2coc(n2)-c2ccc3c(c2)c(c(-c2cc(N4CCN(C5COC5)CC4)cnc2[C@H](C)OC)n3CCOC2CCOCC2)CC(C)(C)COC(=O)[C@@H]2CCCN(N2)C(=O)[C@H]1NC(=O)C1[C@@H](C)[C@H]1C. The number of benzene rings is 1. The number of hydrogen-bond acceptors (Lipinski definition) is 15. The van der Waals surface area contributed by atoms with Crippen molar-refractivity contribution in [2.75, 3.05) is 91.0 Å². The standard InChI is InChI=1S/C54H74N8O10/c1-8-69-49-43-30-71-51(56-43)35-11-12-44-39(24-35)41(26-54(5,6)31-72-53(65)42-10-9-15-62(58-42)52(64)47(49)57-50(63)45-32(2)33(45)3)48(61(44)20-23-70-38-13-21-67-22-14-38)40-25-36(27-55-46(40)34(4)66-7)59-16-18-60(19-17-59)37-28-68-29-37/h11-12,24-25,27,30,32-34,37-38,42,45,47,49,58H,8-10,13-23,26,28-29,31H2,1-7H3,(H,57,63)/t32-,33+,34-,42-,45?,47-,49+/m0/s1. The minimum atomic E-state index is -1.17. The van der Waals surface area contributed by atoms with Crippen LogP contribution in [-0.4, -0.2) is 153 Å². The highest BCUT2D eigenvalue weighted by Gasteiger charge is 2.50. The number of oxazole rings is 1. The first-order chi connectivity index (χ1) is 34.8. The third kappa shape index (κ3) is 10.4. The van der Waals surface area contributed by atoms with Crippen LogP contribution < -0.4 is 15.6 Å². The molecule has 1 saturated carbocycles. The van der Waals surface area contributed by atoms with Crippen LogP contribution in [0.3, 0.4) is 0 Å². The number of rotatable bonds is 13. The van der Waals surface area contributed by atoms with E-state index < -0.39 is 35.5 Å². The number of esters is 1. The fraction of sp³-hybridized carbons (Fsp3) is 0.648. The first-order valence-electron chi connectivity index (χ1n) is 26.4.